The number of esters is 1. The van der Waals surface area contributed by atoms with Crippen LogP contribution in [0.4, 0.5) is 0 Å². The van der Waals surface area contributed by atoms with Crippen LogP contribution in [0.1, 0.15) is 25.3 Å². The van der Waals surface area contributed by atoms with Crippen molar-refractivity contribution in [2.45, 2.75) is 26.2 Å². The van der Waals surface area contributed by atoms with E-state index in [0.29, 0.717) is 18.1 Å². The van der Waals surface area contributed by atoms with Crippen molar-refractivity contribution in [3.63, 3.8) is 0 Å². The van der Waals surface area contributed by atoms with E-state index in [9.17, 15) is 9.59 Å². The maximum absolute atomic E-state index is 12.2. The van der Waals surface area contributed by atoms with Gasteiger partial charge >= 0.3 is 5.97 Å². The van der Waals surface area contributed by atoms with E-state index in [2.05, 4.69) is 0 Å². The van der Waals surface area contributed by atoms with Gasteiger partial charge < -0.3 is 4.74 Å². The standard InChI is InChI=1S/C15H17ClO3/c1-2-19-15(18)13(14(17)11-6-7-11)9-10-4-3-5-12(16)8-10/h3-5,8,11,13H,2,6-7,9H2,1H3. The van der Waals surface area contributed by atoms with Gasteiger partial charge in [0.1, 0.15) is 5.92 Å². The van der Waals surface area contributed by atoms with E-state index in [1.54, 1.807) is 19.1 Å². The highest BCUT2D eigenvalue weighted by molar-refractivity contribution is 6.30. The fourth-order valence-corrected chi connectivity index (χ4v) is 2.31. The predicted molar refractivity (Wildman–Crippen MR) is 73.0 cm³/mol. The van der Waals surface area contributed by atoms with Crippen LogP contribution in [0.3, 0.4) is 0 Å². The van der Waals surface area contributed by atoms with Gasteiger partial charge in [-0.15, -0.1) is 0 Å². The molecule has 3 nitrogen and oxygen atoms in total. The summed E-state index contributed by atoms with van der Waals surface area (Å²) in [6.07, 6.45) is 2.16. The minimum atomic E-state index is -0.689. The molecule has 0 bridgehead atoms. The van der Waals surface area contributed by atoms with E-state index in [1.807, 2.05) is 12.1 Å². The van der Waals surface area contributed by atoms with E-state index in [4.69, 9.17) is 16.3 Å². The predicted octanol–water partition coefficient (Wildman–Crippen LogP) is 3.04. The van der Waals surface area contributed by atoms with Crippen molar-refractivity contribution in [1.82, 2.24) is 0 Å². The first-order valence-electron chi connectivity index (χ1n) is 6.56. The molecule has 1 saturated carbocycles. The Balaban J connectivity index is 2.12. The summed E-state index contributed by atoms with van der Waals surface area (Å²) < 4.78 is 5.01. The highest BCUT2D eigenvalue weighted by Gasteiger charge is 2.38. The SMILES string of the molecule is CCOC(=O)C(Cc1cccc(Cl)c1)C(=O)C1CC1. The summed E-state index contributed by atoms with van der Waals surface area (Å²) in [6, 6.07) is 7.25. The third-order valence-corrected chi connectivity index (χ3v) is 3.46. The molecular weight excluding hydrogens is 264 g/mol. The Hall–Kier alpha value is -1.35. The van der Waals surface area contributed by atoms with Gasteiger partial charge in [0.15, 0.2) is 5.78 Å². The van der Waals surface area contributed by atoms with Crippen molar-refractivity contribution >= 4 is 23.4 Å². The van der Waals surface area contributed by atoms with Crippen LogP contribution in [0.25, 0.3) is 0 Å². The summed E-state index contributed by atoms with van der Waals surface area (Å²) in [5.41, 5.74) is 0.888. The average Bonchev–Trinajstić information content (AvgIpc) is 3.19. The van der Waals surface area contributed by atoms with E-state index in [0.717, 1.165) is 18.4 Å². The number of Topliss-reactive ketones (excluding diaryl/α,β-unsaturated/α-hetero) is 1. The Kier molecular flexibility index (Phi) is 4.59. The third kappa shape index (κ3) is 3.80. The van der Waals surface area contributed by atoms with Crippen LogP contribution in [0, 0.1) is 11.8 Å². The molecule has 0 radical (unpaired) electrons. The Morgan fingerprint density at radius 2 is 2.16 bits per heavy atom. The molecule has 0 saturated heterocycles. The van der Waals surface area contributed by atoms with E-state index in [-0.39, 0.29) is 11.7 Å². The summed E-state index contributed by atoms with van der Waals surface area (Å²) in [5, 5.41) is 0.610. The van der Waals surface area contributed by atoms with Crippen molar-refractivity contribution in [3.8, 4) is 0 Å². The number of ether oxygens (including phenoxy) is 1. The number of ketones is 1. The number of hydrogen-bond donors (Lipinski definition) is 0. The van der Waals surface area contributed by atoms with Crippen molar-refractivity contribution < 1.29 is 14.3 Å². The second kappa shape index (κ2) is 6.20. The maximum Gasteiger partial charge on any atom is 0.316 e. The lowest BCUT2D eigenvalue weighted by Crippen LogP contribution is -2.29. The Labute approximate surface area is 117 Å². The highest BCUT2D eigenvalue weighted by Crippen LogP contribution is 2.34. The lowest BCUT2D eigenvalue weighted by Gasteiger charge is -2.14. The fraction of sp³-hybridized carbons (Fsp3) is 0.467. The topological polar surface area (TPSA) is 43.4 Å². The zero-order chi connectivity index (χ0) is 13.8. The summed E-state index contributed by atoms with van der Waals surface area (Å²) >= 11 is 5.92. The third-order valence-electron chi connectivity index (χ3n) is 3.22. The van der Waals surface area contributed by atoms with Crippen LogP contribution < -0.4 is 0 Å². The number of hydrogen-bond acceptors (Lipinski definition) is 3. The molecule has 0 aliphatic heterocycles. The van der Waals surface area contributed by atoms with Gasteiger partial charge in [0, 0.05) is 10.9 Å². The summed E-state index contributed by atoms with van der Waals surface area (Å²) in [6.45, 7) is 2.04. The average molecular weight is 281 g/mol. The van der Waals surface area contributed by atoms with E-state index in [1.165, 1.54) is 0 Å². The Morgan fingerprint density at radius 1 is 1.42 bits per heavy atom. The number of carbonyl (C=O) groups is 2. The van der Waals surface area contributed by atoms with Crippen LogP contribution in [0.15, 0.2) is 24.3 Å². The molecule has 0 spiro atoms. The molecule has 1 fully saturated rings. The zero-order valence-corrected chi connectivity index (χ0v) is 11.7. The normalized spacial score (nSPS) is 15.9. The molecule has 102 valence electrons. The Morgan fingerprint density at radius 3 is 2.74 bits per heavy atom. The smallest absolute Gasteiger partial charge is 0.316 e. The van der Waals surface area contributed by atoms with Gasteiger partial charge in [0.25, 0.3) is 0 Å². The van der Waals surface area contributed by atoms with Gasteiger partial charge in [-0.05, 0) is 43.9 Å². The van der Waals surface area contributed by atoms with Crippen molar-refractivity contribution in [3.05, 3.63) is 34.9 Å². The molecular formula is C15H17ClO3. The largest absolute Gasteiger partial charge is 0.465 e. The number of rotatable bonds is 6. The first-order valence-corrected chi connectivity index (χ1v) is 6.94. The van der Waals surface area contributed by atoms with Crippen LogP contribution in [0.2, 0.25) is 5.02 Å². The molecule has 0 N–H and O–H groups in total. The second-order valence-corrected chi connectivity index (χ2v) is 5.25. The molecule has 1 aromatic rings. The summed E-state index contributed by atoms with van der Waals surface area (Å²) in [5.74, 6) is -1.04. The summed E-state index contributed by atoms with van der Waals surface area (Å²) in [7, 11) is 0. The number of carbonyl (C=O) groups excluding carboxylic acids is 2. The lowest BCUT2D eigenvalue weighted by molar-refractivity contribution is -0.151. The first kappa shape index (κ1) is 14.1. The van der Waals surface area contributed by atoms with Gasteiger partial charge in [0.2, 0.25) is 0 Å². The molecule has 0 heterocycles. The molecule has 1 aliphatic rings. The van der Waals surface area contributed by atoms with Crippen molar-refractivity contribution in [1.29, 1.82) is 0 Å². The molecule has 1 unspecified atom stereocenters. The van der Waals surface area contributed by atoms with Gasteiger partial charge in [0.05, 0.1) is 6.61 Å². The molecule has 2 rings (SSSR count). The molecule has 4 heteroatoms. The van der Waals surface area contributed by atoms with Crippen LogP contribution in [-0.2, 0) is 20.7 Å². The molecule has 0 aromatic heterocycles. The van der Waals surface area contributed by atoms with E-state index >= 15 is 0 Å². The molecule has 0 amide bonds. The molecule has 1 aliphatic carbocycles. The highest BCUT2D eigenvalue weighted by atomic mass is 35.5. The van der Waals surface area contributed by atoms with Gasteiger partial charge in [-0.3, -0.25) is 9.59 Å². The second-order valence-electron chi connectivity index (χ2n) is 4.82. The summed E-state index contributed by atoms with van der Waals surface area (Å²) in [4.78, 5) is 24.1. The maximum atomic E-state index is 12.2. The van der Waals surface area contributed by atoms with Gasteiger partial charge in [-0.1, -0.05) is 23.7 Å². The fourth-order valence-electron chi connectivity index (χ4n) is 2.09. The quantitative estimate of drug-likeness (QED) is 0.594. The first-order chi connectivity index (χ1) is 9.11. The van der Waals surface area contributed by atoms with Gasteiger partial charge in [-0.25, -0.2) is 0 Å². The van der Waals surface area contributed by atoms with Crippen LogP contribution in [-0.4, -0.2) is 18.4 Å². The van der Waals surface area contributed by atoms with Crippen LogP contribution >= 0.6 is 11.6 Å². The minimum Gasteiger partial charge on any atom is -0.465 e. The number of halogens is 1. The van der Waals surface area contributed by atoms with Gasteiger partial charge in [-0.2, -0.15) is 0 Å². The molecule has 1 aromatic carbocycles. The molecule has 1 atom stereocenters. The minimum absolute atomic E-state index is 0.0124. The molecule has 19 heavy (non-hydrogen) atoms. The number of benzene rings is 1. The van der Waals surface area contributed by atoms with E-state index < -0.39 is 11.9 Å². The Bertz CT molecular complexity index is 480. The zero-order valence-electron chi connectivity index (χ0n) is 10.9. The van der Waals surface area contributed by atoms with Crippen LogP contribution in [0.5, 0.6) is 0 Å². The lowest BCUT2D eigenvalue weighted by atomic mass is 9.93. The van der Waals surface area contributed by atoms with Crippen molar-refractivity contribution in [2.24, 2.45) is 11.8 Å². The van der Waals surface area contributed by atoms with Crippen molar-refractivity contribution in [2.75, 3.05) is 6.61 Å². The monoisotopic (exact) mass is 280 g/mol.